The quantitative estimate of drug-likeness (QED) is 0.657. The largest absolute Gasteiger partial charge is 0.354 e. The maximum atomic E-state index is 13.2. The second-order valence-corrected chi connectivity index (χ2v) is 9.65. The predicted octanol–water partition coefficient (Wildman–Crippen LogP) is 2.87. The van der Waals surface area contributed by atoms with Gasteiger partial charge >= 0.3 is 0 Å². The van der Waals surface area contributed by atoms with Crippen molar-refractivity contribution < 1.29 is 4.79 Å². The highest BCUT2D eigenvalue weighted by molar-refractivity contribution is 6.05. The van der Waals surface area contributed by atoms with E-state index < -0.39 is 0 Å². The fourth-order valence-corrected chi connectivity index (χ4v) is 4.76. The number of para-hydroxylation sites is 1. The van der Waals surface area contributed by atoms with Crippen molar-refractivity contribution in [2.75, 3.05) is 31.1 Å². The molecule has 2 aliphatic rings. The number of fused-ring (bicyclic) bond motifs is 2. The van der Waals surface area contributed by atoms with E-state index in [9.17, 15) is 4.79 Å². The van der Waals surface area contributed by atoms with Crippen LogP contribution in [0.25, 0.3) is 10.9 Å². The van der Waals surface area contributed by atoms with E-state index in [4.69, 9.17) is 0 Å². The van der Waals surface area contributed by atoms with Gasteiger partial charge in [0.1, 0.15) is 0 Å². The van der Waals surface area contributed by atoms with E-state index in [0.29, 0.717) is 17.5 Å². The van der Waals surface area contributed by atoms with E-state index in [2.05, 4.69) is 53.1 Å². The third-order valence-corrected chi connectivity index (χ3v) is 6.48. The number of anilines is 1. The molecule has 2 atom stereocenters. The number of carbonyl (C=O) groups is 1. The van der Waals surface area contributed by atoms with Crippen molar-refractivity contribution in [2.45, 2.75) is 26.2 Å². The van der Waals surface area contributed by atoms with Crippen molar-refractivity contribution in [3.8, 4) is 0 Å². The van der Waals surface area contributed by atoms with Gasteiger partial charge in [0.15, 0.2) is 11.5 Å². The van der Waals surface area contributed by atoms with E-state index in [1.165, 1.54) is 0 Å². The molecule has 0 radical (unpaired) electrons. The smallest absolute Gasteiger partial charge is 0.275 e. The Kier molecular flexibility index (Phi) is 4.31. The topological polar surface area (TPSA) is 67.2 Å². The highest BCUT2D eigenvalue weighted by Crippen LogP contribution is 2.34. The zero-order chi connectivity index (χ0) is 21.0. The highest BCUT2D eigenvalue weighted by Gasteiger charge is 2.43. The molecule has 0 spiro atoms. The van der Waals surface area contributed by atoms with Crippen LogP contribution >= 0.6 is 0 Å². The maximum Gasteiger partial charge on any atom is 0.275 e. The summed E-state index contributed by atoms with van der Waals surface area (Å²) in [7, 11) is 1.89. The zero-order valence-electron chi connectivity index (χ0n) is 18.0. The Balaban J connectivity index is 1.28. The van der Waals surface area contributed by atoms with Crippen LogP contribution in [0.2, 0.25) is 0 Å². The van der Waals surface area contributed by atoms with Gasteiger partial charge < -0.3 is 9.80 Å². The van der Waals surface area contributed by atoms with Crippen LogP contribution in [-0.2, 0) is 12.5 Å². The van der Waals surface area contributed by atoms with Crippen LogP contribution in [0, 0.1) is 11.8 Å². The summed E-state index contributed by atoms with van der Waals surface area (Å²) in [6.07, 6.45) is 0. The number of amides is 1. The summed E-state index contributed by atoms with van der Waals surface area (Å²) in [4.78, 5) is 17.5. The zero-order valence-corrected chi connectivity index (χ0v) is 18.0. The number of nitrogens with zero attached hydrogens (tertiary/aromatic N) is 6. The van der Waals surface area contributed by atoms with Crippen molar-refractivity contribution in [3.05, 3.63) is 47.8 Å². The van der Waals surface area contributed by atoms with E-state index in [1.807, 2.05) is 36.2 Å². The molecular formula is C23H28N6O. The number of aryl methyl sites for hydroxylation is 1. The lowest BCUT2D eigenvalue weighted by molar-refractivity contribution is 0.0778. The van der Waals surface area contributed by atoms with Gasteiger partial charge in [0.2, 0.25) is 0 Å². The lowest BCUT2D eigenvalue weighted by Gasteiger charge is -2.23. The molecule has 0 bridgehead atoms. The van der Waals surface area contributed by atoms with Crippen LogP contribution in [0.15, 0.2) is 36.4 Å². The first kappa shape index (κ1) is 19.0. The molecule has 2 saturated heterocycles. The summed E-state index contributed by atoms with van der Waals surface area (Å²) < 4.78 is 1.79. The van der Waals surface area contributed by atoms with Gasteiger partial charge in [-0.05, 0) is 18.2 Å². The van der Waals surface area contributed by atoms with Crippen LogP contribution in [0.5, 0.6) is 0 Å². The second-order valence-electron chi connectivity index (χ2n) is 9.65. The van der Waals surface area contributed by atoms with Gasteiger partial charge in [-0.1, -0.05) is 39.0 Å². The van der Waals surface area contributed by atoms with Crippen molar-refractivity contribution in [1.29, 1.82) is 0 Å². The first-order valence-electron chi connectivity index (χ1n) is 10.6. The Labute approximate surface area is 176 Å². The number of rotatable bonds is 2. The van der Waals surface area contributed by atoms with Gasteiger partial charge in [0, 0.05) is 55.9 Å². The molecule has 0 saturated carbocycles. The third-order valence-electron chi connectivity index (χ3n) is 6.48. The molecule has 30 heavy (non-hydrogen) atoms. The monoisotopic (exact) mass is 404 g/mol. The average molecular weight is 405 g/mol. The number of aromatic nitrogens is 4. The molecule has 5 rings (SSSR count). The van der Waals surface area contributed by atoms with E-state index >= 15 is 0 Å². The molecule has 7 heteroatoms. The van der Waals surface area contributed by atoms with Crippen molar-refractivity contribution in [2.24, 2.45) is 18.9 Å². The van der Waals surface area contributed by atoms with Crippen molar-refractivity contribution in [3.63, 3.8) is 0 Å². The van der Waals surface area contributed by atoms with Crippen molar-refractivity contribution >= 4 is 22.6 Å². The average Bonchev–Trinajstić information content (AvgIpc) is 3.39. The summed E-state index contributed by atoms with van der Waals surface area (Å²) in [5.74, 6) is 1.91. The summed E-state index contributed by atoms with van der Waals surface area (Å²) in [6, 6.07) is 12.1. The van der Waals surface area contributed by atoms with Gasteiger partial charge in [-0.2, -0.15) is 10.2 Å². The van der Waals surface area contributed by atoms with E-state index in [1.54, 1.807) is 4.68 Å². The third kappa shape index (κ3) is 3.13. The summed E-state index contributed by atoms with van der Waals surface area (Å²) in [5, 5.41) is 14.4. The fourth-order valence-electron chi connectivity index (χ4n) is 4.76. The Morgan fingerprint density at radius 2 is 1.67 bits per heavy atom. The lowest BCUT2D eigenvalue weighted by Crippen LogP contribution is -2.34. The predicted molar refractivity (Wildman–Crippen MR) is 117 cm³/mol. The Morgan fingerprint density at radius 3 is 2.30 bits per heavy atom. The molecule has 156 valence electrons. The fraction of sp³-hybridized carbons (Fsp3) is 0.478. The van der Waals surface area contributed by atoms with E-state index in [0.717, 1.165) is 48.6 Å². The lowest BCUT2D eigenvalue weighted by atomic mass is 9.92. The molecule has 2 unspecified atom stereocenters. The van der Waals surface area contributed by atoms with Gasteiger partial charge in [-0.3, -0.25) is 9.48 Å². The Morgan fingerprint density at radius 1 is 0.967 bits per heavy atom. The van der Waals surface area contributed by atoms with Gasteiger partial charge in [-0.25, -0.2) is 0 Å². The van der Waals surface area contributed by atoms with Gasteiger partial charge in [0.05, 0.1) is 11.2 Å². The Bertz CT molecular complexity index is 1080. The molecule has 2 fully saturated rings. The first-order chi connectivity index (χ1) is 14.3. The summed E-state index contributed by atoms with van der Waals surface area (Å²) in [5.41, 5.74) is 2.56. The van der Waals surface area contributed by atoms with Crippen LogP contribution in [0.3, 0.4) is 0 Å². The molecule has 0 aliphatic carbocycles. The Hall–Kier alpha value is -2.96. The van der Waals surface area contributed by atoms with Crippen LogP contribution in [0.4, 0.5) is 5.82 Å². The molecule has 4 heterocycles. The molecule has 2 aliphatic heterocycles. The summed E-state index contributed by atoms with van der Waals surface area (Å²) >= 11 is 0. The van der Waals surface area contributed by atoms with Crippen LogP contribution < -0.4 is 4.90 Å². The van der Waals surface area contributed by atoms with Gasteiger partial charge in [0.25, 0.3) is 5.91 Å². The minimum atomic E-state index is 0.00353. The van der Waals surface area contributed by atoms with Gasteiger partial charge in [-0.15, -0.1) is 5.10 Å². The SMILES string of the molecule is Cn1nc(C(=O)N2CC3CN(c4ccc(C(C)(C)C)nn4)CC3C2)c2ccccc21. The number of benzene rings is 1. The minimum absolute atomic E-state index is 0.00353. The number of hydrogen-bond donors (Lipinski definition) is 0. The second kappa shape index (κ2) is 6.79. The number of likely N-dealkylation sites (tertiary alicyclic amines) is 1. The molecular weight excluding hydrogens is 376 g/mol. The minimum Gasteiger partial charge on any atom is -0.354 e. The molecule has 1 aromatic carbocycles. The van der Waals surface area contributed by atoms with Crippen LogP contribution in [-0.4, -0.2) is 57.0 Å². The highest BCUT2D eigenvalue weighted by atomic mass is 16.2. The first-order valence-corrected chi connectivity index (χ1v) is 10.6. The molecule has 7 nitrogen and oxygen atoms in total. The standard InChI is InChI=1S/C23H28N6O/c1-23(2,3)19-9-10-20(25-24-19)28-11-15-13-29(14-16(15)12-28)22(30)21-17-7-5-6-8-18(17)27(4)26-21/h5-10,15-16H,11-14H2,1-4H3. The number of hydrogen-bond acceptors (Lipinski definition) is 5. The van der Waals surface area contributed by atoms with Crippen LogP contribution in [0.1, 0.15) is 37.0 Å². The summed E-state index contributed by atoms with van der Waals surface area (Å²) in [6.45, 7) is 9.83. The number of carbonyl (C=O) groups excluding carboxylic acids is 1. The maximum absolute atomic E-state index is 13.2. The molecule has 1 amide bonds. The van der Waals surface area contributed by atoms with E-state index in [-0.39, 0.29) is 11.3 Å². The normalized spacial score (nSPS) is 21.5. The van der Waals surface area contributed by atoms with Crippen molar-refractivity contribution in [1.82, 2.24) is 24.9 Å². The molecule has 3 aromatic rings. The molecule has 0 N–H and O–H groups in total. The molecule has 2 aromatic heterocycles.